The van der Waals surface area contributed by atoms with Gasteiger partial charge in [-0.05, 0) is 19.3 Å². The topological polar surface area (TPSA) is 110 Å². The molecule has 7 heteroatoms. The standard InChI is InChI=1S/C11H15N5O2/c12-11-15-9-8(10(17)16-11)13-7(14-9)5-6-3-1-2-4-18-6/h6H,1-5H2,(H4,12,13,14,15,16,17). The number of hydrogen-bond acceptors (Lipinski definition) is 5. The summed E-state index contributed by atoms with van der Waals surface area (Å²) < 4.78 is 5.64. The fourth-order valence-corrected chi connectivity index (χ4v) is 2.25. The van der Waals surface area contributed by atoms with Crippen LogP contribution < -0.4 is 11.3 Å². The highest BCUT2D eigenvalue weighted by molar-refractivity contribution is 5.70. The average Bonchev–Trinajstić information content (AvgIpc) is 2.73. The molecule has 3 heterocycles. The Balaban J connectivity index is 1.88. The van der Waals surface area contributed by atoms with Crippen LogP contribution in [0.1, 0.15) is 25.1 Å². The summed E-state index contributed by atoms with van der Waals surface area (Å²) >= 11 is 0. The van der Waals surface area contributed by atoms with Crippen LogP contribution in [-0.2, 0) is 11.2 Å². The first kappa shape index (κ1) is 11.2. The number of hydrogen-bond donors (Lipinski definition) is 3. The Kier molecular flexibility index (Phi) is 2.75. The smallest absolute Gasteiger partial charge is 0.278 e. The van der Waals surface area contributed by atoms with Crippen LogP contribution in [0.15, 0.2) is 4.79 Å². The molecule has 0 aromatic carbocycles. The highest BCUT2D eigenvalue weighted by Crippen LogP contribution is 2.16. The number of ether oxygens (including phenoxy) is 1. The number of rotatable bonds is 2. The summed E-state index contributed by atoms with van der Waals surface area (Å²) in [4.78, 5) is 25.3. The molecule has 2 aromatic rings. The number of nitrogens with zero attached hydrogens (tertiary/aromatic N) is 2. The Morgan fingerprint density at radius 2 is 2.22 bits per heavy atom. The van der Waals surface area contributed by atoms with Crippen molar-refractivity contribution in [3.8, 4) is 0 Å². The van der Waals surface area contributed by atoms with Crippen LogP contribution in [0, 0.1) is 0 Å². The Hall–Kier alpha value is -1.89. The number of imidazole rings is 1. The minimum Gasteiger partial charge on any atom is -0.378 e. The summed E-state index contributed by atoms with van der Waals surface area (Å²) in [5.41, 5.74) is 5.92. The number of nitrogens with two attached hydrogens (primary N) is 1. The number of nitrogen functional groups attached to an aromatic ring is 1. The predicted octanol–water partition coefficient (Wildman–Crippen LogP) is 0.340. The Morgan fingerprint density at radius 3 is 3.00 bits per heavy atom. The van der Waals surface area contributed by atoms with Gasteiger partial charge in [-0.25, -0.2) is 4.98 Å². The van der Waals surface area contributed by atoms with Gasteiger partial charge >= 0.3 is 0 Å². The van der Waals surface area contributed by atoms with Gasteiger partial charge in [0.2, 0.25) is 5.95 Å². The number of aromatic amines is 2. The maximum atomic E-state index is 11.6. The summed E-state index contributed by atoms with van der Waals surface area (Å²) in [6.45, 7) is 0.802. The van der Waals surface area contributed by atoms with Crippen molar-refractivity contribution in [2.24, 2.45) is 0 Å². The Morgan fingerprint density at radius 1 is 1.33 bits per heavy atom. The van der Waals surface area contributed by atoms with E-state index in [-0.39, 0.29) is 17.6 Å². The van der Waals surface area contributed by atoms with Gasteiger partial charge in [-0.15, -0.1) is 0 Å². The lowest BCUT2D eigenvalue weighted by atomic mass is 10.1. The van der Waals surface area contributed by atoms with E-state index in [2.05, 4.69) is 19.9 Å². The number of anilines is 1. The molecule has 1 fully saturated rings. The minimum atomic E-state index is -0.291. The molecule has 2 aromatic heterocycles. The molecule has 18 heavy (non-hydrogen) atoms. The largest absolute Gasteiger partial charge is 0.378 e. The molecule has 1 saturated heterocycles. The van der Waals surface area contributed by atoms with E-state index in [9.17, 15) is 4.79 Å². The van der Waals surface area contributed by atoms with E-state index in [4.69, 9.17) is 10.5 Å². The third-order valence-electron chi connectivity index (χ3n) is 3.12. The molecule has 0 saturated carbocycles. The number of aromatic nitrogens is 4. The molecule has 0 amide bonds. The van der Waals surface area contributed by atoms with Crippen molar-refractivity contribution in [1.29, 1.82) is 0 Å². The average molecular weight is 249 g/mol. The molecule has 7 nitrogen and oxygen atoms in total. The fraction of sp³-hybridized carbons (Fsp3) is 0.545. The first-order valence-corrected chi connectivity index (χ1v) is 6.08. The molecule has 96 valence electrons. The number of nitrogens with one attached hydrogen (secondary N) is 2. The summed E-state index contributed by atoms with van der Waals surface area (Å²) in [5, 5.41) is 0. The van der Waals surface area contributed by atoms with Crippen LogP contribution in [0.5, 0.6) is 0 Å². The summed E-state index contributed by atoms with van der Waals surface area (Å²) in [7, 11) is 0. The second-order valence-corrected chi connectivity index (χ2v) is 4.53. The second kappa shape index (κ2) is 4.41. The Bertz CT molecular complexity index is 611. The SMILES string of the molecule is Nc1nc2nc(CC3CCCCO3)[nH]c2c(=O)[nH]1. The zero-order valence-corrected chi connectivity index (χ0v) is 9.90. The lowest BCUT2D eigenvalue weighted by molar-refractivity contribution is 0.0158. The molecule has 4 N–H and O–H groups in total. The first-order valence-electron chi connectivity index (χ1n) is 6.08. The zero-order valence-electron chi connectivity index (χ0n) is 9.90. The van der Waals surface area contributed by atoms with Crippen molar-refractivity contribution in [1.82, 2.24) is 19.9 Å². The zero-order chi connectivity index (χ0) is 12.5. The number of fused-ring (bicyclic) bond motifs is 1. The van der Waals surface area contributed by atoms with Crippen molar-refractivity contribution < 1.29 is 4.74 Å². The molecule has 1 aliphatic heterocycles. The quantitative estimate of drug-likeness (QED) is 0.711. The van der Waals surface area contributed by atoms with Crippen molar-refractivity contribution in [3.63, 3.8) is 0 Å². The van der Waals surface area contributed by atoms with E-state index in [1.54, 1.807) is 0 Å². The molecule has 1 unspecified atom stereocenters. The van der Waals surface area contributed by atoms with Gasteiger partial charge in [0, 0.05) is 13.0 Å². The molecule has 3 rings (SSSR count). The molecule has 0 aliphatic carbocycles. The van der Waals surface area contributed by atoms with Gasteiger partial charge in [-0.3, -0.25) is 9.78 Å². The first-order chi connectivity index (χ1) is 8.72. The van der Waals surface area contributed by atoms with E-state index in [1.165, 1.54) is 6.42 Å². The summed E-state index contributed by atoms with van der Waals surface area (Å²) in [6.07, 6.45) is 4.18. The van der Waals surface area contributed by atoms with Gasteiger partial charge in [-0.1, -0.05) is 0 Å². The minimum absolute atomic E-state index is 0.0828. The van der Waals surface area contributed by atoms with Gasteiger partial charge in [-0.2, -0.15) is 4.98 Å². The lowest BCUT2D eigenvalue weighted by Crippen LogP contribution is -2.21. The van der Waals surface area contributed by atoms with E-state index in [1.807, 2.05) is 0 Å². The van der Waals surface area contributed by atoms with Gasteiger partial charge in [0.1, 0.15) is 5.82 Å². The Labute approximate surface area is 103 Å². The monoisotopic (exact) mass is 249 g/mol. The maximum absolute atomic E-state index is 11.6. The molecule has 0 bridgehead atoms. The molecule has 1 atom stereocenters. The van der Waals surface area contributed by atoms with Gasteiger partial charge in [0.25, 0.3) is 5.56 Å². The predicted molar refractivity (Wildman–Crippen MR) is 66.2 cm³/mol. The van der Waals surface area contributed by atoms with Crippen LogP contribution >= 0.6 is 0 Å². The fourth-order valence-electron chi connectivity index (χ4n) is 2.25. The van der Waals surface area contributed by atoms with Crippen molar-refractivity contribution >= 4 is 17.1 Å². The van der Waals surface area contributed by atoms with Crippen LogP contribution in [-0.4, -0.2) is 32.6 Å². The normalized spacial score (nSPS) is 20.3. The van der Waals surface area contributed by atoms with Crippen LogP contribution in [0.4, 0.5) is 5.95 Å². The van der Waals surface area contributed by atoms with E-state index >= 15 is 0 Å². The maximum Gasteiger partial charge on any atom is 0.278 e. The molecule has 1 aliphatic rings. The van der Waals surface area contributed by atoms with Crippen LogP contribution in [0.25, 0.3) is 11.2 Å². The number of H-pyrrole nitrogens is 2. The summed E-state index contributed by atoms with van der Waals surface area (Å²) in [6, 6.07) is 0. The van der Waals surface area contributed by atoms with Gasteiger partial charge in [0.15, 0.2) is 11.2 Å². The highest BCUT2D eigenvalue weighted by atomic mass is 16.5. The van der Waals surface area contributed by atoms with Crippen molar-refractivity contribution in [2.75, 3.05) is 12.3 Å². The van der Waals surface area contributed by atoms with Gasteiger partial charge < -0.3 is 15.5 Å². The molecular formula is C11H15N5O2. The lowest BCUT2D eigenvalue weighted by Gasteiger charge is -2.21. The second-order valence-electron chi connectivity index (χ2n) is 4.53. The van der Waals surface area contributed by atoms with E-state index < -0.39 is 0 Å². The van der Waals surface area contributed by atoms with Crippen LogP contribution in [0.3, 0.4) is 0 Å². The molecular weight excluding hydrogens is 234 g/mol. The van der Waals surface area contributed by atoms with Crippen LogP contribution in [0.2, 0.25) is 0 Å². The summed E-state index contributed by atoms with van der Waals surface area (Å²) in [5.74, 6) is 0.806. The highest BCUT2D eigenvalue weighted by Gasteiger charge is 2.17. The van der Waals surface area contributed by atoms with Crippen molar-refractivity contribution in [2.45, 2.75) is 31.8 Å². The van der Waals surface area contributed by atoms with E-state index in [0.29, 0.717) is 17.6 Å². The van der Waals surface area contributed by atoms with Gasteiger partial charge in [0.05, 0.1) is 6.10 Å². The third kappa shape index (κ3) is 2.08. The molecule has 0 radical (unpaired) electrons. The molecule has 0 spiro atoms. The third-order valence-corrected chi connectivity index (χ3v) is 3.12. The van der Waals surface area contributed by atoms with E-state index in [0.717, 1.165) is 25.3 Å². The van der Waals surface area contributed by atoms with Crippen molar-refractivity contribution in [3.05, 3.63) is 16.2 Å².